The summed E-state index contributed by atoms with van der Waals surface area (Å²) in [4.78, 5) is 18.1. The molecular formula is C21H34N4O2. The van der Waals surface area contributed by atoms with Gasteiger partial charge < -0.3 is 20.3 Å². The molecule has 27 heavy (non-hydrogen) atoms. The van der Waals surface area contributed by atoms with Crippen molar-refractivity contribution in [3.63, 3.8) is 0 Å². The minimum absolute atomic E-state index is 0.290. The number of benzene rings is 1. The van der Waals surface area contributed by atoms with Gasteiger partial charge in [-0.05, 0) is 38.2 Å². The van der Waals surface area contributed by atoms with Crippen LogP contribution in [0.1, 0.15) is 44.6 Å². The zero-order valence-corrected chi connectivity index (χ0v) is 16.6. The fourth-order valence-electron chi connectivity index (χ4n) is 3.03. The highest BCUT2D eigenvalue weighted by Gasteiger charge is 2.18. The number of hydrogen-bond donors (Lipinski definition) is 2. The van der Waals surface area contributed by atoms with E-state index < -0.39 is 0 Å². The highest BCUT2D eigenvalue weighted by Crippen LogP contribution is 2.09. The van der Waals surface area contributed by atoms with Crippen molar-refractivity contribution in [3.05, 3.63) is 35.9 Å². The topological polar surface area (TPSA) is 66.0 Å². The number of unbranched alkanes of at least 4 members (excludes halogenated alkanes) is 1. The second kappa shape index (κ2) is 13.1. The first kappa shape index (κ1) is 21.2. The van der Waals surface area contributed by atoms with Gasteiger partial charge in [-0.1, -0.05) is 30.3 Å². The molecule has 0 aromatic heterocycles. The van der Waals surface area contributed by atoms with Gasteiger partial charge in [0.2, 0.25) is 5.91 Å². The number of aliphatic imine (C=N–C) groups is 1. The number of guanidine groups is 1. The van der Waals surface area contributed by atoms with Gasteiger partial charge >= 0.3 is 0 Å². The van der Waals surface area contributed by atoms with E-state index in [4.69, 9.17) is 4.74 Å². The smallest absolute Gasteiger partial charge is 0.222 e. The molecule has 1 saturated heterocycles. The van der Waals surface area contributed by atoms with Crippen LogP contribution in [-0.4, -0.2) is 56.1 Å². The molecule has 0 spiro atoms. The Morgan fingerprint density at radius 2 is 2.04 bits per heavy atom. The van der Waals surface area contributed by atoms with Gasteiger partial charge in [0.15, 0.2) is 5.96 Å². The number of carbonyl (C=O) groups excluding carboxylic acids is 1. The Bertz CT molecular complexity index is 563. The number of amides is 1. The van der Waals surface area contributed by atoms with Crippen LogP contribution in [-0.2, 0) is 16.1 Å². The Hall–Kier alpha value is -2.08. The van der Waals surface area contributed by atoms with Crippen LogP contribution in [0.15, 0.2) is 35.3 Å². The number of ether oxygens (including phenoxy) is 1. The maximum Gasteiger partial charge on any atom is 0.222 e. The normalized spacial score (nSPS) is 14.6. The summed E-state index contributed by atoms with van der Waals surface area (Å²) in [7, 11) is 0. The molecule has 1 aromatic carbocycles. The van der Waals surface area contributed by atoms with Crippen molar-refractivity contribution >= 4 is 11.9 Å². The van der Waals surface area contributed by atoms with E-state index in [1.165, 1.54) is 5.56 Å². The van der Waals surface area contributed by atoms with Gasteiger partial charge in [0.1, 0.15) is 0 Å². The Balaban J connectivity index is 1.52. The summed E-state index contributed by atoms with van der Waals surface area (Å²) in [5.41, 5.74) is 1.22. The fraction of sp³-hybridized carbons (Fsp3) is 0.619. The Labute approximate surface area is 163 Å². The predicted molar refractivity (Wildman–Crippen MR) is 110 cm³/mol. The molecular weight excluding hydrogens is 340 g/mol. The molecule has 1 heterocycles. The van der Waals surface area contributed by atoms with Gasteiger partial charge in [-0.15, -0.1) is 0 Å². The summed E-state index contributed by atoms with van der Waals surface area (Å²) < 4.78 is 5.71. The largest absolute Gasteiger partial charge is 0.377 e. The highest BCUT2D eigenvalue weighted by atomic mass is 16.5. The van der Waals surface area contributed by atoms with Crippen LogP contribution in [0, 0.1) is 0 Å². The average Bonchev–Trinajstić information content (AvgIpc) is 3.10. The molecule has 0 aliphatic carbocycles. The molecule has 0 radical (unpaired) electrons. The van der Waals surface area contributed by atoms with Crippen LogP contribution in [0.3, 0.4) is 0 Å². The highest BCUT2D eigenvalue weighted by molar-refractivity contribution is 5.79. The summed E-state index contributed by atoms with van der Waals surface area (Å²) in [5.74, 6) is 1.15. The van der Waals surface area contributed by atoms with E-state index in [2.05, 4.69) is 34.7 Å². The van der Waals surface area contributed by atoms with Crippen molar-refractivity contribution in [2.45, 2.75) is 45.6 Å². The number of nitrogens with one attached hydrogen (secondary N) is 2. The molecule has 0 saturated carbocycles. The summed E-state index contributed by atoms with van der Waals surface area (Å²) in [6.07, 6.45) is 4.69. The predicted octanol–water partition coefficient (Wildman–Crippen LogP) is 2.55. The summed E-state index contributed by atoms with van der Waals surface area (Å²) in [6.45, 7) is 7.71. The van der Waals surface area contributed by atoms with Crippen molar-refractivity contribution in [2.75, 3.05) is 39.3 Å². The lowest BCUT2D eigenvalue weighted by molar-refractivity contribution is -0.127. The molecule has 1 amide bonds. The van der Waals surface area contributed by atoms with E-state index in [0.717, 1.165) is 71.0 Å². The maximum atomic E-state index is 11.6. The first-order valence-electron chi connectivity index (χ1n) is 10.2. The van der Waals surface area contributed by atoms with Crippen LogP contribution >= 0.6 is 0 Å². The van der Waals surface area contributed by atoms with Crippen molar-refractivity contribution in [3.8, 4) is 0 Å². The van der Waals surface area contributed by atoms with Crippen molar-refractivity contribution in [1.82, 2.24) is 15.5 Å². The molecule has 0 bridgehead atoms. The van der Waals surface area contributed by atoms with E-state index in [1.54, 1.807) is 0 Å². The molecule has 2 N–H and O–H groups in total. The number of likely N-dealkylation sites (tertiary alicyclic amines) is 1. The van der Waals surface area contributed by atoms with Gasteiger partial charge in [0.25, 0.3) is 0 Å². The van der Waals surface area contributed by atoms with E-state index in [-0.39, 0.29) is 0 Å². The van der Waals surface area contributed by atoms with Crippen LogP contribution in [0.5, 0.6) is 0 Å². The first-order chi connectivity index (χ1) is 13.3. The van der Waals surface area contributed by atoms with E-state index in [1.807, 2.05) is 23.1 Å². The third-order valence-corrected chi connectivity index (χ3v) is 4.49. The first-order valence-corrected chi connectivity index (χ1v) is 10.2. The molecule has 0 atom stereocenters. The minimum Gasteiger partial charge on any atom is -0.377 e. The van der Waals surface area contributed by atoms with Gasteiger partial charge in [-0.25, -0.2) is 0 Å². The Kier molecular flexibility index (Phi) is 10.3. The lowest BCUT2D eigenvalue weighted by Crippen LogP contribution is -2.38. The lowest BCUT2D eigenvalue weighted by atomic mass is 10.2. The van der Waals surface area contributed by atoms with Crippen LogP contribution < -0.4 is 10.6 Å². The van der Waals surface area contributed by atoms with Crippen LogP contribution in [0.25, 0.3) is 0 Å². The third-order valence-electron chi connectivity index (χ3n) is 4.49. The van der Waals surface area contributed by atoms with Gasteiger partial charge in [0.05, 0.1) is 6.61 Å². The minimum atomic E-state index is 0.290. The monoisotopic (exact) mass is 374 g/mol. The van der Waals surface area contributed by atoms with Gasteiger partial charge in [-0.2, -0.15) is 0 Å². The summed E-state index contributed by atoms with van der Waals surface area (Å²) >= 11 is 0. The average molecular weight is 375 g/mol. The summed E-state index contributed by atoms with van der Waals surface area (Å²) in [6, 6.07) is 10.3. The third kappa shape index (κ3) is 8.91. The van der Waals surface area contributed by atoms with Gasteiger partial charge in [0, 0.05) is 45.8 Å². The lowest BCUT2D eigenvalue weighted by Gasteiger charge is -2.15. The second-order valence-corrected chi connectivity index (χ2v) is 6.77. The molecule has 1 aromatic rings. The van der Waals surface area contributed by atoms with E-state index in [0.29, 0.717) is 18.9 Å². The Morgan fingerprint density at radius 3 is 2.78 bits per heavy atom. The zero-order valence-electron chi connectivity index (χ0n) is 16.6. The summed E-state index contributed by atoms with van der Waals surface area (Å²) in [5, 5.41) is 6.64. The molecule has 1 aliphatic heterocycles. The quantitative estimate of drug-likeness (QED) is 0.335. The molecule has 2 rings (SSSR count). The van der Waals surface area contributed by atoms with Crippen LogP contribution in [0.4, 0.5) is 0 Å². The maximum absolute atomic E-state index is 11.6. The zero-order chi connectivity index (χ0) is 19.2. The number of hydrogen-bond acceptors (Lipinski definition) is 3. The molecule has 1 aliphatic rings. The van der Waals surface area contributed by atoms with Crippen LogP contribution in [0.2, 0.25) is 0 Å². The molecule has 150 valence electrons. The van der Waals surface area contributed by atoms with Crippen molar-refractivity contribution < 1.29 is 9.53 Å². The molecule has 1 fully saturated rings. The number of nitrogens with zero attached hydrogens (tertiary/aromatic N) is 2. The molecule has 6 heteroatoms. The molecule has 0 unspecified atom stereocenters. The standard InChI is InChI=1S/C21H34N4O2/c1-2-22-21(24-14-9-16-25-15-8-12-20(25)26)23-13-6-7-17-27-18-19-10-4-3-5-11-19/h3-5,10-11H,2,6-9,12-18H2,1H3,(H2,22,23,24). The second-order valence-electron chi connectivity index (χ2n) is 6.77. The van der Waals surface area contributed by atoms with E-state index in [9.17, 15) is 4.79 Å². The Morgan fingerprint density at radius 1 is 1.19 bits per heavy atom. The van der Waals surface area contributed by atoms with E-state index >= 15 is 0 Å². The fourth-order valence-corrected chi connectivity index (χ4v) is 3.03. The number of rotatable bonds is 12. The SMILES string of the molecule is CCNC(=NCCCN1CCCC1=O)NCCCCOCc1ccccc1. The van der Waals surface area contributed by atoms with Gasteiger partial charge in [-0.3, -0.25) is 9.79 Å². The molecule has 6 nitrogen and oxygen atoms in total. The van der Waals surface area contributed by atoms with Crippen molar-refractivity contribution in [1.29, 1.82) is 0 Å². The van der Waals surface area contributed by atoms with Crippen molar-refractivity contribution in [2.24, 2.45) is 4.99 Å². The number of carbonyl (C=O) groups is 1.